The second-order valence-electron chi connectivity index (χ2n) is 9.70. The normalized spacial score (nSPS) is 24.2. The minimum Gasteiger partial charge on any atom is -0.489 e. The fourth-order valence-electron chi connectivity index (χ4n) is 5.15. The number of halogens is 1. The summed E-state index contributed by atoms with van der Waals surface area (Å²) < 4.78 is 11.8. The molecule has 3 atom stereocenters. The summed E-state index contributed by atoms with van der Waals surface area (Å²) in [7, 11) is 0. The van der Waals surface area contributed by atoms with E-state index in [2.05, 4.69) is 48.3 Å². The third-order valence-electron chi connectivity index (χ3n) is 7.17. The summed E-state index contributed by atoms with van der Waals surface area (Å²) in [5.41, 5.74) is 3.63. The summed E-state index contributed by atoms with van der Waals surface area (Å²) in [6, 6.07) is 14.0. The van der Waals surface area contributed by atoms with E-state index in [4.69, 9.17) is 9.47 Å². The van der Waals surface area contributed by atoms with E-state index in [-0.39, 0.29) is 30.6 Å². The number of hydrogen-bond donors (Lipinski definition) is 1. The van der Waals surface area contributed by atoms with Gasteiger partial charge in [0.15, 0.2) is 0 Å². The van der Waals surface area contributed by atoms with Gasteiger partial charge >= 0.3 is 0 Å². The second kappa shape index (κ2) is 11.0. The number of piperidine rings is 1. The third kappa shape index (κ3) is 5.26. The van der Waals surface area contributed by atoms with Gasteiger partial charge in [0, 0.05) is 36.2 Å². The number of ether oxygens (including phenoxy) is 2. The van der Waals surface area contributed by atoms with Gasteiger partial charge in [0.25, 0.3) is 5.91 Å². The molecule has 2 saturated heterocycles. The van der Waals surface area contributed by atoms with Crippen molar-refractivity contribution in [1.29, 1.82) is 0 Å². The van der Waals surface area contributed by atoms with Crippen molar-refractivity contribution in [2.24, 2.45) is 0 Å². The molecule has 5 rings (SSSR count). The Hall–Kier alpha value is -2.94. The lowest BCUT2D eigenvalue weighted by Gasteiger charge is -2.38. The lowest BCUT2D eigenvalue weighted by molar-refractivity contribution is -0.136. The molecule has 3 amide bonds. The molecule has 2 fully saturated rings. The number of fused-ring (bicyclic) bond motifs is 1. The average Bonchev–Trinajstić information content (AvgIpc) is 3.18. The maximum atomic E-state index is 13.0. The molecule has 2 aromatic carbocycles. The van der Waals surface area contributed by atoms with Crippen molar-refractivity contribution >= 4 is 30.1 Å². The molecular weight excluding hydrogens is 482 g/mol. The fourth-order valence-corrected chi connectivity index (χ4v) is 5.15. The van der Waals surface area contributed by atoms with Crippen LogP contribution in [-0.2, 0) is 34.0 Å². The Bertz CT molecular complexity index is 1130. The molecule has 0 aliphatic carbocycles. The summed E-state index contributed by atoms with van der Waals surface area (Å²) in [6.07, 6.45) is 0.578. The van der Waals surface area contributed by atoms with Crippen molar-refractivity contribution in [3.63, 3.8) is 0 Å². The van der Waals surface area contributed by atoms with Gasteiger partial charge in [-0.15, -0.1) is 12.4 Å². The van der Waals surface area contributed by atoms with E-state index in [0.717, 1.165) is 30.9 Å². The first-order chi connectivity index (χ1) is 16.9. The first kappa shape index (κ1) is 26.1. The van der Waals surface area contributed by atoms with Crippen LogP contribution in [0.5, 0.6) is 5.75 Å². The first-order valence-corrected chi connectivity index (χ1v) is 12.2. The number of nitrogens with zero attached hydrogens (tertiary/aromatic N) is 2. The van der Waals surface area contributed by atoms with Crippen LogP contribution in [0.3, 0.4) is 0 Å². The highest BCUT2D eigenvalue weighted by atomic mass is 35.5. The van der Waals surface area contributed by atoms with Crippen molar-refractivity contribution < 1.29 is 23.9 Å². The molecule has 3 aliphatic heterocycles. The van der Waals surface area contributed by atoms with Crippen molar-refractivity contribution in [3.05, 3.63) is 64.7 Å². The van der Waals surface area contributed by atoms with Crippen LogP contribution >= 0.6 is 12.4 Å². The minimum atomic E-state index is -0.634. The molecule has 0 saturated carbocycles. The standard InChI is InChI=1S/C27H31N3O5.ClH/c1-17-14-34-15-18(2)29(17)12-19-6-8-20(9-7-19)16-35-24-5-3-4-21-22(24)13-30(27(21)33)23-10-11-25(31)28-26(23)32;/h3-9,17-18,23H,10-16H2,1-2H3,(H,28,31,32);1H/t17-,18+,23?;. The Labute approximate surface area is 217 Å². The van der Waals surface area contributed by atoms with E-state index in [1.807, 2.05) is 6.07 Å². The van der Waals surface area contributed by atoms with Gasteiger partial charge in [-0.25, -0.2) is 0 Å². The maximum absolute atomic E-state index is 13.0. The molecule has 2 aromatic rings. The zero-order valence-corrected chi connectivity index (χ0v) is 21.4. The van der Waals surface area contributed by atoms with Crippen LogP contribution in [0.1, 0.15) is 53.7 Å². The van der Waals surface area contributed by atoms with Crippen LogP contribution in [0.25, 0.3) is 0 Å². The monoisotopic (exact) mass is 513 g/mol. The summed E-state index contributed by atoms with van der Waals surface area (Å²) in [5, 5.41) is 2.34. The second-order valence-corrected chi connectivity index (χ2v) is 9.70. The van der Waals surface area contributed by atoms with Gasteiger partial charge in [0.1, 0.15) is 18.4 Å². The average molecular weight is 514 g/mol. The molecule has 192 valence electrons. The topological polar surface area (TPSA) is 88.2 Å². The molecule has 1 N–H and O–H groups in total. The van der Waals surface area contributed by atoms with Gasteiger partial charge in [-0.3, -0.25) is 24.6 Å². The Morgan fingerprint density at radius 2 is 1.69 bits per heavy atom. The molecule has 1 unspecified atom stereocenters. The highest BCUT2D eigenvalue weighted by molar-refractivity contribution is 6.05. The number of hydrogen-bond acceptors (Lipinski definition) is 6. The van der Waals surface area contributed by atoms with Crippen LogP contribution < -0.4 is 10.1 Å². The van der Waals surface area contributed by atoms with Crippen LogP contribution in [-0.4, -0.2) is 58.9 Å². The SMILES string of the molecule is C[C@@H]1COC[C@H](C)N1Cc1ccc(COc2cccc3c2CN(C2CCC(=O)NC2=O)C3=O)cc1.Cl. The Balaban J connectivity index is 0.00000304. The Morgan fingerprint density at radius 3 is 2.39 bits per heavy atom. The number of nitrogens with one attached hydrogen (secondary N) is 1. The number of amides is 3. The van der Waals surface area contributed by atoms with Crippen LogP contribution in [0, 0.1) is 0 Å². The number of morpholine rings is 1. The van der Waals surface area contributed by atoms with E-state index < -0.39 is 11.9 Å². The highest BCUT2D eigenvalue weighted by Gasteiger charge is 2.40. The van der Waals surface area contributed by atoms with E-state index in [9.17, 15) is 14.4 Å². The summed E-state index contributed by atoms with van der Waals surface area (Å²) in [6.45, 7) is 7.49. The molecule has 8 nitrogen and oxygen atoms in total. The van der Waals surface area contributed by atoms with E-state index in [1.54, 1.807) is 17.0 Å². The summed E-state index contributed by atoms with van der Waals surface area (Å²) >= 11 is 0. The van der Waals surface area contributed by atoms with Crippen molar-refractivity contribution in [3.8, 4) is 5.75 Å². The van der Waals surface area contributed by atoms with Crippen LogP contribution in [0.2, 0.25) is 0 Å². The predicted octanol–water partition coefficient (Wildman–Crippen LogP) is 3.06. The molecule has 3 heterocycles. The number of rotatable bonds is 6. The molecule has 0 spiro atoms. The van der Waals surface area contributed by atoms with Crippen molar-refractivity contribution in [2.45, 2.75) is 64.5 Å². The van der Waals surface area contributed by atoms with E-state index in [1.165, 1.54) is 5.56 Å². The number of benzene rings is 2. The number of carbonyl (C=O) groups excluding carboxylic acids is 3. The maximum Gasteiger partial charge on any atom is 0.255 e. The van der Waals surface area contributed by atoms with Gasteiger partial charge in [-0.1, -0.05) is 30.3 Å². The molecule has 0 radical (unpaired) electrons. The summed E-state index contributed by atoms with van der Waals surface area (Å²) in [5.74, 6) is -0.258. The fraction of sp³-hybridized carbons (Fsp3) is 0.444. The van der Waals surface area contributed by atoms with Gasteiger partial charge in [0.2, 0.25) is 11.8 Å². The molecule has 9 heteroatoms. The third-order valence-corrected chi connectivity index (χ3v) is 7.17. The summed E-state index contributed by atoms with van der Waals surface area (Å²) in [4.78, 5) is 40.8. The highest BCUT2D eigenvalue weighted by Crippen LogP contribution is 2.34. The van der Waals surface area contributed by atoms with E-state index >= 15 is 0 Å². The zero-order valence-electron chi connectivity index (χ0n) is 20.6. The molecule has 0 aromatic heterocycles. The van der Waals surface area contributed by atoms with Gasteiger partial charge in [-0.2, -0.15) is 0 Å². The first-order valence-electron chi connectivity index (χ1n) is 12.2. The lowest BCUT2D eigenvalue weighted by atomic mass is 10.0. The smallest absolute Gasteiger partial charge is 0.255 e. The lowest BCUT2D eigenvalue weighted by Crippen LogP contribution is -2.52. The molecule has 3 aliphatic rings. The Morgan fingerprint density at radius 1 is 1.00 bits per heavy atom. The molecule has 36 heavy (non-hydrogen) atoms. The largest absolute Gasteiger partial charge is 0.489 e. The van der Waals surface area contributed by atoms with E-state index in [0.29, 0.717) is 43.0 Å². The quantitative estimate of drug-likeness (QED) is 0.597. The van der Waals surface area contributed by atoms with Crippen molar-refractivity contribution in [2.75, 3.05) is 13.2 Å². The predicted molar refractivity (Wildman–Crippen MR) is 136 cm³/mol. The molecule has 0 bridgehead atoms. The Kier molecular flexibility index (Phi) is 7.97. The zero-order chi connectivity index (χ0) is 24.5. The van der Waals surface area contributed by atoms with Crippen LogP contribution in [0.4, 0.5) is 0 Å². The number of carbonyl (C=O) groups is 3. The van der Waals surface area contributed by atoms with Crippen LogP contribution in [0.15, 0.2) is 42.5 Å². The van der Waals surface area contributed by atoms with Gasteiger partial charge in [0.05, 0.1) is 19.8 Å². The number of imide groups is 1. The van der Waals surface area contributed by atoms with Gasteiger partial charge in [-0.05, 0) is 43.5 Å². The molecular formula is C27H32ClN3O5. The van der Waals surface area contributed by atoms with Gasteiger partial charge < -0.3 is 14.4 Å². The minimum absolute atomic E-state index is 0. The van der Waals surface area contributed by atoms with Crippen molar-refractivity contribution in [1.82, 2.24) is 15.1 Å².